The first kappa shape index (κ1) is 66.8. The van der Waals surface area contributed by atoms with Crippen LogP contribution in [0.2, 0.25) is 0 Å². The van der Waals surface area contributed by atoms with Crippen LogP contribution in [0, 0.1) is 5.92 Å². The standard InChI is InChI=1S/C49H70N10O20/c1-5-23(2)38(49(78)79)58-46(75)34(22-61)55-42(71)30(18-27-11-13-28(64)14-12-27)52-43(72)32(19-37(68)69)53-45(74)33(21-60)56-48(77)40(25(4)63)59-44(73)31(17-26-9-7-6-8-10-26)54-47(76)39(24(3)62)57-35(65)20-51-41(70)29(50)15-16-36(66)67/h6-14,23-25,29-34,38-40,60-64H,5,15-22,50H2,1-4H3,(H,51,70)(H,52,72)(H,53,74)(H,54,76)(H,55,71)(H,56,77)(H,57,65)(H,58,75)(H,59,73)(H,66,67)(H,68,69)(H,78,79)/t23-,24+,25+,29-,30-,31-,32-,33-,34-,38-,39-,40-/m0/s1. The van der Waals surface area contributed by atoms with Crippen LogP contribution in [0.1, 0.15) is 64.5 Å². The molecule has 2 rings (SSSR count). The van der Waals surface area contributed by atoms with Gasteiger partial charge in [-0.2, -0.15) is 0 Å². The molecule has 2 aromatic carbocycles. The van der Waals surface area contributed by atoms with E-state index in [-0.39, 0.29) is 24.2 Å². The van der Waals surface area contributed by atoms with Crippen molar-refractivity contribution in [3.63, 3.8) is 0 Å². The number of benzene rings is 2. The molecule has 0 aliphatic heterocycles. The van der Waals surface area contributed by atoms with Gasteiger partial charge >= 0.3 is 17.9 Å². The predicted octanol–water partition coefficient (Wildman–Crippen LogP) is -6.28. The van der Waals surface area contributed by atoms with Gasteiger partial charge in [-0.15, -0.1) is 0 Å². The molecule has 0 radical (unpaired) electrons. The Labute approximate surface area is 452 Å². The lowest BCUT2D eigenvalue weighted by atomic mass is 9.99. The van der Waals surface area contributed by atoms with Crippen LogP contribution in [0.5, 0.6) is 5.75 Å². The Balaban J connectivity index is 2.35. The Bertz CT molecular complexity index is 2450. The molecule has 79 heavy (non-hydrogen) atoms. The largest absolute Gasteiger partial charge is 0.508 e. The summed E-state index contributed by atoms with van der Waals surface area (Å²) in [5.74, 6) is -15.7. The number of nitrogens with one attached hydrogen (secondary N) is 9. The number of phenolic OH excluding ortho intramolecular Hbond substituents is 1. The average molecular weight is 1120 g/mol. The van der Waals surface area contributed by atoms with Crippen molar-refractivity contribution in [2.45, 2.75) is 133 Å². The number of aromatic hydroxyl groups is 1. The number of aliphatic hydroxyl groups is 4. The molecule has 0 heterocycles. The first-order valence-corrected chi connectivity index (χ1v) is 24.6. The highest BCUT2D eigenvalue weighted by Gasteiger charge is 2.37. The summed E-state index contributed by atoms with van der Waals surface area (Å²) in [5, 5.41) is 99.3. The van der Waals surface area contributed by atoms with Gasteiger partial charge in [0.05, 0.1) is 44.4 Å². The number of nitrogens with two attached hydrogens (primary N) is 1. The van der Waals surface area contributed by atoms with Gasteiger partial charge in [-0.05, 0) is 49.4 Å². The minimum absolute atomic E-state index is 0.192. The molecular formula is C49H70N10O20. The zero-order valence-electron chi connectivity index (χ0n) is 43.5. The van der Waals surface area contributed by atoms with Gasteiger partial charge in [0, 0.05) is 19.3 Å². The van der Waals surface area contributed by atoms with E-state index in [1.807, 2.05) is 0 Å². The summed E-state index contributed by atoms with van der Waals surface area (Å²) in [7, 11) is 0. The zero-order valence-corrected chi connectivity index (χ0v) is 43.5. The van der Waals surface area contributed by atoms with Crippen LogP contribution in [0.4, 0.5) is 0 Å². The second-order valence-electron chi connectivity index (χ2n) is 18.3. The van der Waals surface area contributed by atoms with Crippen LogP contribution < -0.4 is 53.6 Å². The van der Waals surface area contributed by atoms with Gasteiger partial charge in [0.25, 0.3) is 0 Å². The number of aliphatic carboxylic acids is 3. The third-order valence-corrected chi connectivity index (χ3v) is 11.9. The Kier molecular flexibility index (Phi) is 28.0. The highest BCUT2D eigenvalue weighted by atomic mass is 16.4. The molecule has 9 amide bonds. The molecule has 436 valence electrons. The van der Waals surface area contributed by atoms with E-state index in [1.54, 1.807) is 37.3 Å². The van der Waals surface area contributed by atoms with Gasteiger partial charge in [-0.25, -0.2) is 4.79 Å². The molecule has 0 aliphatic carbocycles. The quantitative estimate of drug-likeness (QED) is 0.0310. The minimum atomic E-state index is -2.09. The van der Waals surface area contributed by atoms with E-state index in [2.05, 4.69) is 47.9 Å². The van der Waals surface area contributed by atoms with E-state index in [9.17, 15) is 93.3 Å². The van der Waals surface area contributed by atoms with E-state index >= 15 is 0 Å². The first-order valence-electron chi connectivity index (χ1n) is 24.6. The molecule has 2 aromatic rings. The lowest BCUT2D eigenvalue weighted by molar-refractivity contribution is -0.144. The van der Waals surface area contributed by atoms with E-state index < -0.39 is 183 Å². The summed E-state index contributed by atoms with van der Waals surface area (Å²) < 4.78 is 0. The van der Waals surface area contributed by atoms with Gasteiger partial charge < -0.3 is 94.4 Å². The number of hydrogen-bond donors (Lipinski definition) is 18. The molecule has 30 heteroatoms. The van der Waals surface area contributed by atoms with Crippen molar-refractivity contribution in [3.05, 3.63) is 65.7 Å². The molecule has 0 unspecified atom stereocenters. The van der Waals surface area contributed by atoms with Gasteiger partial charge in [-0.3, -0.25) is 52.7 Å². The fourth-order valence-electron chi connectivity index (χ4n) is 7.18. The zero-order chi connectivity index (χ0) is 59.7. The maximum absolute atomic E-state index is 14.0. The van der Waals surface area contributed by atoms with Crippen molar-refractivity contribution in [2.75, 3.05) is 19.8 Å². The third-order valence-electron chi connectivity index (χ3n) is 11.9. The van der Waals surface area contributed by atoms with Crippen LogP contribution in [0.3, 0.4) is 0 Å². The van der Waals surface area contributed by atoms with Crippen molar-refractivity contribution in [1.82, 2.24) is 47.9 Å². The van der Waals surface area contributed by atoms with E-state index in [1.165, 1.54) is 31.2 Å². The molecule has 12 atom stereocenters. The van der Waals surface area contributed by atoms with E-state index in [0.717, 1.165) is 13.8 Å². The van der Waals surface area contributed by atoms with Crippen LogP contribution in [-0.2, 0) is 70.4 Å². The second-order valence-corrected chi connectivity index (χ2v) is 18.3. The summed E-state index contributed by atoms with van der Waals surface area (Å²) >= 11 is 0. The fourth-order valence-corrected chi connectivity index (χ4v) is 7.18. The molecule has 0 saturated carbocycles. The lowest BCUT2D eigenvalue weighted by Gasteiger charge is -2.28. The van der Waals surface area contributed by atoms with Gasteiger partial charge in [0.2, 0.25) is 53.2 Å². The Morgan fingerprint density at radius 1 is 0.506 bits per heavy atom. The molecule has 0 fully saturated rings. The summed E-state index contributed by atoms with van der Waals surface area (Å²) in [5.41, 5.74) is 6.34. The fraction of sp³-hybridized carbons (Fsp3) is 0.510. The van der Waals surface area contributed by atoms with Crippen molar-refractivity contribution in [1.29, 1.82) is 0 Å². The number of amides is 9. The number of aliphatic hydroxyl groups excluding tert-OH is 4. The van der Waals surface area contributed by atoms with Crippen molar-refractivity contribution < 1.29 is 98.4 Å². The maximum atomic E-state index is 14.0. The highest BCUT2D eigenvalue weighted by Crippen LogP contribution is 2.14. The normalized spacial score (nSPS) is 15.6. The molecule has 19 N–H and O–H groups in total. The molecule has 0 spiro atoms. The van der Waals surface area contributed by atoms with Crippen LogP contribution in [-0.4, -0.2) is 198 Å². The van der Waals surface area contributed by atoms with E-state index in [0.29, 0.717) is 12.0 Å². The Morgan fingerprint density at radius 3 is 1.41 bits per heavy atom. The van der Waals surface area contributed by atoms with Crippen LogP contribution >= 0.6 is 0 Å². The summed E-state index contributed by atoms with van der Waals surface area (Å²) in [4.78, 5) is 155. The number of carbonyl (C=O) groups is 12. The average Bonchev–Trinajstić information content (AvgIpc) is 3.39. The molecule has 0 aliphatic rings. The number of rotatable bonds is 34. The van der Waals surface area contributed by atoms with Crippen LogP contribution in [0.25, 0.3) is 0 Å². The van der Waals surface area contributed by atoms with Gasteiger partial charge in [0.1, 0.15) is 54.1 Å². The van der Waals surface area contributed by atoms with Crippen molar-refractivity contribution in [2.24, 2.45) is 11.7 Å². The monoisotopic (exact) mass is 1120 g/mol. The molecule has 0 bridgehead atoms. The minimum Gasteiger partial charge on any atom is -0.508 e. The SMILES string of the molecule is CC[C@H](C)[C@H](NC(=O)[C@H](CO)NC(=O)[C@H](Cc1ccc(O)cc1)NC(=O)[C@H](CC(=O)O)NC(=O)[C@H](CO)NC(=O)[C@@H](NC(=O)[C@H](Cc1ccccc1)NC(=O)[C@@H](NC(=O)CNC(=O)[C@@H](N)CCC(=O)O)[C@@H](C)O)[C@@H](C)O)C(=O)O. The second kappa shape index (κ2) is 33.1. The number of phenols is 1. The summed E-state index contributed by atoms with van der Waals surface area (Å²) in [6.45, 7) is 2.26. The van der Waals surface area contributed by atoms with Crippen molar-refractivity contribution >= 4 is 71.1 Å². The number of carbonyl (C=O) groups excluding carboxylic acids is 9. The number of hydrogen-bond acceptors (Lipinski definition) is 18. The molecular weight excluding hydrogens is 1050 g/mol. The Hall–Kier alpha value is -8.32. The predicted molar refractivity (Wildman–Crippen MR) is 272 cm³/mol. The highest BCUT2D eigenvalue weighted by molar-refractivity contribution is 5.99. The molecule has 30 nitrogen and oxygen atoms in total. The van der Waals surface area contributed by atoms with Gasteiger partial charge in [0.15, 0.2) is 0 Å². The molecule has 0 aromatic heterocycles. The molecule has 0 saturated heterocycles. The van der Waals surface area contributed by atoms with E-state index in [4.69, 9.17) is 10.8 Å². The lowest BCUT2D eigenvalue weighted by Crippen LogP contribution is -2.63. The number of carboxylic acid groups (broad SMARTS) is 3. The summed E-state index contributed by atoms with van der Waals surface area (Å²) in [6.07, 6.45) is -5.74. The van der Waals surface area contributed by atoms with Gasteiger partial charge in [-0.1, -0.05) is 62.7 Å². The Morgan fingerprint density at radius 2 is 0.924 bits per heavy atom. The van der Waals surface area contributed by atoms with Crippen molar-refractivity contribution in [3.8, 4) is 5.75 Å². The summed E-state index contributed by atoms with van der Waals surface area (Å²) in [6, 6.07) is -2.77. The number of carboxylic acids is 3. The maximum Gasteiger partial charge on any atom is 0.326 e. The van der Waals surface area contributed by atoms with Crippen LogP contribution in [0.15, 0.2) is 54.6 Å². The topological polar surface area (TPSA) is 501 Å². The smallest absolute Gasteiger partial charge is 0.326 e. The first-order chi connectivity index (χ1) is 37.1. The third kappa shape index (κ3) is 23.0.